The summed E-state index contributed by atoms with van der Waals surface area (Å²) in [7, 11) is 0. The molecule has 0 saturated heterocycles. The van der Waals surface area contributed by atoms with Crippen LogP contribution in [-0.4, -0.2) is 18.5 Å². The van der Waals surface area contributed by atoms with Gasteiger partial charge in [0.1, 0.15) is 5.75 Å². The van der Waals surface area contributed by atoms with Crippen LogP contribution < -0.4 is 16.2 Å². The molecular formula is C29H38N2O4. The fraction of sp³-hybridized carbons (Fsp3) is 0.448. The second kappa shape index (κ2) is 13.6. The molecule has 0 amide bonds. The molecule has 2 aromatic rings. The number of hydrogen-bond donors (Lipinski definition) is 2. The number of ether oxygens (including phenoxy) is 2. The van der Waals surface area contributed by atoms with E-state index in [1.165, 1.54) is 31.8 Å². The number of nitrogen functional groups attached to an aromatic ring is 2. The molecule has 4 N–H and O–H groups in total. The number of benzene rings is 2. The molecule has 6 nitrogen and oxygen atoms in total. The van der Waals surface area contributed by atoms with Gasteiger partial charge in [-0.25, -0.2) is 4.79 Å². The maximum absolute atomic E-state index is 12.6. The van der Waals surface area contributed by atoms with E-state index in [1.807, 2.05) is 18.2 Å². The molecule has 188 valence electrons. The van der Waals surface area contributed by atoms with E-state index in [4.69, 9.17) is 20.9 Å². The Kier molecular flexibility index (Phi) is 10.2. The minimum absolute atomic E-state index is 0.00430. The molecule has 0 atom stereocenters. The van der Waals surface area contributed by atoms with E-state index >= 15 is 0 Å². The predicted molar refractivity (Wildman–Crippen MR) is 141 cm³/mol. The zero-order valence-corrected chi connectivity index (χ0v) is 20.7. The Labute approximate surface area is 208 Å². The highest BCUT2D eigenvalue weighted by molar-refractivity contribution is 5.87. The molecule has 0 bridgehead atoms. The normalized spacial score (nSPS) is 17.9. The lowest BCUT2D eigenvalue weighted by Crippen LogP contribution is -2.25. The number of rotatable bonds is 11. The molecule has 3 rings (SSSR count). The van der Waals surface area contributed by atoms with Crippen LogP contribution in [0.4, 0.5) is 11.4 Å². The fourth-order valence-electron chi connectivity index (χ4n) is 4.53. The number of unbranched alkanes of at least 4 members (excludes halogenated alkanes) is 2. The van der Waals surface area contributed by atoms with Crippen molar-refractivity contribution in [3.63, 3.8) is 0 Å². The zero-order valence-electron chi connectivity index (χ0n) is 20.7. The lowest BCUT2D eigenvalue weighted by Gasteiger charge is -2.27. The Morgan fingerprint density at radius 2 is 1.74 bits per heavy atom. The summed E-state index contributed by atoms with van der Waals surface area (Å²) in [5, 5.41) is 0. The largest absolute Gasteiger partial charge is 0.462 e. The average molecular weight is 479 g/mol. The van der Waals surface area contributed by atoms with Crippen LogP contribution in [0.25, 0.3) is 6.08 Å². The first kappa shape index (κ1) is 26.3. The Morgan fingerprint density at radius 3 is 2.43 bits per heavy atom. The van der Waals surface area contributed by atoms with Gasteiger partial charge in [0, 0.05) is 23.9 Å². The van der Waals surface area contributed by atoms with E-state index in [0.29, 0.717) is 23.5 Å². The molecule has 35 heavy (non-hydrogen) atoms. The van der Waals surface area contributed by atoms with Crippen LogP contribution in [0.3, 0.4) is 0 Å². The summed E-state index contributed by atoms with van der Waals surface area (Å²) in [5.74, 6) is 0.723. The zero-order chi connectivity index (χ0) is 25.0. The molecule has 0 radical (unpaired) electrons. The summed E-state index contributed by atoms with van der Waals surface area (Å²) in [5.41, 5.74) is 14.5. The highest BCUT2D eigenvalue weighted by atomic mass is 16.5. The number of esters is 2. The van der Waals surface area contributed by atoms with Gasteiger partial charge in [0.05, 0.1) is 12.5 Å². The summed E-state index contributed by atoms with van der Waals surface area (Å²) in [6, 6.07) is 12.4. The smallest absolute Gasteiger partial charge is 0.330 e. The van der Waals surface area contributed by atoms with Crippen molar-refractivity contribution in [2.45, 2.75) is 64.7 Å². The highest BCUT2D eigenvalue weighted by Gasteiger charge is 2.27. The molecule has 0 heterocycles. The first-order valence-corrected chi connectivity index (χ1v) is 12.7. The van der Waals surface area contributed by atoms with Crippen LogP contribution in [0.5, 0.6) is 5.75 Å². The van der Waals surface area contributed by atoms with Gasteiger partial charge >= 0.3 is 11.9 Å². The Balaban J connectivity index is 1.38. The minimum Gasteiger partial charge on any atom is -0.462 e. The van der Waals surface area contributed by atoms with Crippen molar-refractivity contribution in [2.24, 2.45) is 11.8 Å². The Morgan fingerprint density at radius 1 is 1.00 bits per heavy atom. The summed E-state index contributed by atoms with van der Waals surface area (Å²) >= 11 is 0. The lowest BCUT2D eigenvalue weighted by molar-refractivity contribution is -0.140. The van der Waals surface area contributed by atoms with E-state index in [0.717, 1.165) is 42.7 Å². The summed E-state index contributed by atoms with van der Waals surface area (Å²) < 4.78 is 10.9. The van der Waals surface area contributed by atoms with Crippen LogP contribution in [0, 0.1) is 11.8 Å². The lowest BCUT2D eigenvalue weighted by atomic mass is 9.80. The molecular weight excluding hydrogens is 440 g/mol. The number of hydrogen-bond acceptors (Lipinski definition) is 6. The van der Waals surface area contributed by atoms with Crippen LogP contribution in [0.15, 0.2) is 48.5 Å². The van der Waals surface area contributed by atoms with E-state index in [-0.39, 0.29) is 18.5 Å². The first-order valence-electron chi connectivity index (χ1n) is 12.7. The second-order valence-corrected chi connectivity index (χ2v) is 9.41. The van der Waals surface area contributed by atoms with Crippen molar-refractivity contribution in [2.75, 3.05) is 18.1 Å². The highest BCUT2D eigenvalue weighted by Crippen LogP contribution is 2.33. The molecule has 1 saturated carbocycles. The molecule has 0 unspecified atom stereocenters. The number of carbonyl (C=O) groups is 2. The van der Waals surface area contributed by atoms with E-state index in [2.05, 4.69) is 6.92 Å². The van der Waals surface area contributed by atoms with Crippen molar-refractivity contribution in [1.29, 1.82) is 0 Å². The van der Waals surface area contributed by atoms with Crippen molar-refractivity contribution in [3.05, 3.63) is 59.7 Å². The van der Waals surface area contributed by atoms with Crippen LogP contribution >= 0.6 is 0 Å². The van der Waals surface area contributed by atoms with E-state index < -0.39 is 5.97 Å². The molecule has 0 aromatic heterocycles. The maximum atomic E-state index is 12.6. The number of nitrogens with two attached hydrogens (primary N) is 2. The Hall–Kier alpha value is -3.28. The van der Waals surface area contributed by atoms with Crippen LogP contribution in [-0.2, 0) is 20.7 Å². The van der Waals surface area contributed by atoms with Gasteiger partial charge in [-0.1, -0.05) is 50.8 Å². The van der Waals surface area contributed by atoms with Gasteiger partial charge in [-0.3, -0.25) is 4.79 Å². The summed E-state index contributed by atoms with van der Waals surface area (Å²) in [6.45, 7) is 2.46. The van der Waals surface area contributed by atoms with Crippen LogP contribution in [0.2, 0.25) is 0 Å². The van der Waals surface area contributed by atoms with Gasteiger partial charge in [0.15, 0.2) is 0 Å². The standard InChI is InChI=1S/C29H38N2O4/c1-2-3-4-5-21-6-11-24(12-7-21)29(33)35-26-15-8-22(9-16-26)10-17-28(32)34-19-18-23-13-14-25(30)20-27(23)31/h8-10,13-17,20-21,24H,2-7,11-12,18-19,30-31H2,1H3. The van der Waals surface area contributed by atoms with E-state index in [9.17, 15) is 9.59 Å². The van der Waals surface area contributed by atoms with Gasteiger partial charge in [-0.2, -0.15) is 0 Å². The third-order valence-electron chi connectivity index (χ3n) is 6.69. The SMILES string of the molecule is CCCCCC1CCC(C(=O)Oc2ccc(C=CC(=O)OCCc3ccc(N)cc3N)cc2)CC1. The van der Waals surface area contributed by atoms with Crippen LogP contribution in [0.1, 0.15) is 69.4 Å². The predicted octanol–water partition coefficient (Wildman–Crippen LogP) is 5.94. The quantitative estimate of drug-likeness (QED) is 0.136. The minimum atomic E-state index is -0.431. The van der Waals surface area contributed by atoms with Gasteiger partial charge in [-0.05, 0) is 73.1 Å². The number of carbonyl (C=O) groups excluding carboxylic acids is 2. The topological polar surface area (TPSA) is 105 Å². The summed E-state index contributed by atoms with van der Waals surface area (Å²) in [4.78, 5) is 24.6. The first-order chi connectivity index (χ1) is 16.9. The molecule has 1 aliphatic carbocycles. The third kappa shape index (κ3) is 8.78. The fourth-order valence-corrected chi connectivity index (χ4v) is 4.53. The molecule has 2 aromatic carbocycles. The molecule has 0 spiro atoms. The van der Waals surface area contributed by atoms with Gasteiger partial charge in [-0.15, -0.1) is 0 Å². The van der Waals surface area contributed by atoms with Gasteiger partial charge in [0.25, 0.3) is 0 Å². The Bertz CT molecular complexity index is 992. The van der Waals surface area contributed by atoms with Crippen molar-refractivity contribution < 1.29 is 19.1 Å². The maximum Gasteiger partial charge on any atom is 0.330 e. The van der Waals surface area contributed by atoms with Gasteiger partial charge < -0.3 is 20.9 Å². The van der Waals surface area contributed by atoms with Crippen molar-refractivity contribution in [3.8, 4) is 5.75 Å². The third-order valence-corrected chi connectivity index (χ3v) is 6.69. The second-order valence-electron chi connectivity index (χ2n) is 9.41. The van der Waals surface area contributed by atoms with Gasteiger partial charge in [0.2, 0.25) is 0 Å². The molecule has 1 fully saturated rings. The average Bonchev–Trinajstić information content (AvgIpc) is 2.85. The van der Waals surface area contributed by atoms with Crippen molar-refractivity contribution in [1.82, 2.24) is 0 Å². The molecule has 1 aliphatic rings. The monoisotopic (exact) mass is 478 g/mol. The summed E-state index contributed by atoms with van der Waals surface area (Å²) in [6.07, 6.45) is 12.8. The van der Waals surface area contributed by atoms with Crippen molar-refractivity contribution >= 4 is 29.4 Å². The molecule has 6 heteroatoms. The molecule has 0 aliphatic heterocycles. The number of anilines is 2. The van der Waals surface area contributed by atoms with E-state index in [1.54, 1.807) is 30.3 Å².